The van der Waals surface area contributed by atoms with Gasteiger partial charge in [0, 0.05) is 17.9 Å². The summed E-state index contributed by atoms with van der Waals surface area (Å²) < 4.78 is 43.6. The first-order valence-electron chi connectivity index (χ1n) is 6.93. The predicted octanol–water partition coefficient (Wildman–Crippen LogP) is 0.777. The van der Waals surface area contributed by atoms with Crippen molar-refractivity contribution in [3.05, 3.63) is 29.6 Å². The van der Waals surface area contributed by atoms with Gasteiger partial charge in [-0.05, 0) is 31.5 Å². The Hall–Kier alpha value is -1.67. The van der Waals surface area contributed by atoms with Gasteiger partial charge in [-0.25, -0.2) is 12.8 Å². The lowest BCUT2D eigenvalue weighted by molar-refractivity contribution is 0.193. The molecule has 0 aromatic heterocycles. The van der Waals surface area contributed by atoms with E-state index in [4.69, 9.17) is 15.9 Å². The Morgan fingerprint density at radius 1 is 1.45 bits per heavy atom. The number of anilines is 1. The van der Waals surface area contributed by atoms with Gasteiger partial charge >= 0.3 is 0 Å². The highest BCUT2D eigenvalue weighted by atomic mass is 32.2. The van der Waals surface area contributed by atoms with Crippen LogP contribution >= 0.6 is 0 Å². The summed E-state index contributed by atoms with van der Waals surface area (Å²) in [6.07, 6.45) is 0.247. The van der Waals surface area contributed by atoms with Crippen molar-refractivity contribution in [1.82, 2.24) is 5.32 Å². The fraction of sp³-hybridized carbons (Fsp3) is 0.500. The predicted molar refractivity (Wildman–Crippen MR) is 81.0 cm³/mol. The molecule has 8 heteroatoms. The van der Waals surface area contributed by atoms with Crippen molar-refractivity contribution in [1.29, 1.82) is 5.41 Å². The van der Waals surface area contributed by atoms with Crippen LogP contribution in [-0.4, -0.2) is 38.0 Å². The van der Waals surface area contributed by atoms with Gasteiger partial charge in [-0.3, -0.25) is 5.41 Å². The van der Waals surface area contributed by atoms with Crippen molar-refractivity contribution in [2.75, 3.05) is 24.7 Å². The van der Waals surface area contributed by atoms with Gasteiger partial charge in [-0.2, -0.15) is 0 Å². The van der Waals surface area contributed by atoms with Crippen LogP contribution in [0, 0.1) is 11.2 Å². The Bertz CT molecular complexity index is 744. The summed E-state index contributed by atoms with van der Waals surface area (Å²) in [4.78, 5) is 0. The van der Waals surface area contributed by atoms with Crippen molar-refractivity contribution in [2.24, 2.45) is 0 Å². The number of hydrogen-bond acceptors (Lipinski definition) is 5. The average molecular weight is 327 g/mol. The maximum absolute atomic E-state index is 14.2. The molecule has 22 heavy (non-hydrogen) atoms. The van der Waals surface area contributed by atoms with E-state index in [1.165, 1.54) is 18.2 Å². The van der Waals surface area contributed by atoms with E-state index in [2.05, 4.69) is 5.32 Å². The molecule has 2 aliphatic rings. The minimum Gasteiger partial charge on any atom is -0.399 e. The van der Waals surface area contributed by atoms with Crippen molar-refractivity contribution < 1.29 is 17.5 Å². The Morgan fingerprint density at radius 2 is 2.18 bits per heavy atom. The largest absolute Gasteiger partial charge is 0.399 e. The van der Waals surface area contributed by atoms with E-state index < -0.39 is 25.9 Å². The minimum absolute atomic E-state index is 0.0311. The number of ether oxygens (including phenoxy) is 1. The van der Waals surface area contributed by atoms with Crippen LogP contribution in [0.3, 0.4) is 0 Å². The van der Waals surface area contributed by atoms with Crippen LogP contribution in [-0.2, 0) is 20.1 Å². The van der Waals surface area contributed by atoms with Gasteiger partial charge in [0.05, 0.1) is 17.9 Å². The molecular weight excluding hydrogens is 309 g/mol. The number of nitrogens with two attached hydrogens (primary N) is 1. The number of benzene rings is 1. The fourth-order valence-corrected chi connectivity index (χ4v) is 5.48. The van der Waals surface area contributed by atoms with Gasteiger partial charge in [-0.15, -0.1) is 0 Å². The quantitative estimate of drug-likeness (QED) is 0.661. The SMILES string of the molecule is C[C@@]1(c2cc(N)ccc2F)CS(=O)(=O)[C@]2(CCOC2)C(=N)N1. The molecule has 0 amide bonds. The van der Waals surface area contributed by atoms with E-state index in [1.54, 1.807) is 6.92 Å². The first-order chi connectivity index (χ1) is 10.2. The molecule has 3 rings (SSSR count). The molecule has 6 nitrogen and oxygen atoms in total. The number of nitrogens with one attached hydrogen (secondary N) is 2. The molecule has 1 aromatic rings. The summed E-state index contributed by atoms with van der Waals surface area (Å²) in [7, 11) is -3.68. The van der Waals surface area contributed by atoms with E-state index in [0.29, 0.717) is 12.3 Å². The zero-order valence-electron chi connectivity index (χ0n) is 12.1. The van der Waals surface area contributed by atoms with Gasteiger partial charge in [0.15, 0.2) is 14.6 Å². The molecule has 2 saturated heterocycles. The third kappa shape index (κ3) is 2.01. The number of hydrogen-bond donors (Lipinski definition) is 3. The molecule has 2 fully saturated rings. The molecule has 0 saturated carbocycles. The van der Waals surface area contributed by atoms with Crippen LogP contribution in [0.5, 0.6) is 0 Å². The summed E-state index contributed by atoms with van der Waals surface area (Å²) in [5.74, 6) is -1.00. The second kappa shape index (κ2) is 4.66. The van der Waals surface area contributed by atoms with Gasteiger partial charge in [-0.1, -0.05) is 0 Å². The lowest BCUT2D eigenvalue weighted by Gasteiger charge is -2.44. The Balaban J connectivity index is 2.08. The maximum Gasteiger partial charge on any atom is 0.168 e. The van der Waals surface area contributed by atoms with Gasteiger partial charge in [0.2, 0.25) is 0 Å². The number of amidine groups is 1. The van der Waals surface area contributed by atoms with E-state index in [0.717, 1.165) is 0 Å². The second-order valence-corrected chi connectivity index (χ2v) is 8.43. The fourth-order valence-electron chi connectivity index (χ4n) is 3.20. The van der Waals surface area contributed by atoms with Crippen LogP contribution in [0.4, 0.5) is 10.1 Å². The average Bonchev–Trinajstić information content (AvgIpc) is 2.90. The van der Waals surface area contributed by atoms with Gasteiger partial charge in [0.25, 0.3) is 0 Å². The molecule has 0 bridgehead atoms. The summed E-state index contributed by atoms with van der Waals surface area (Å²) in [6.45, 7) is 1.84. The molecule has 2 atom stereocenters. The first-order valence-corrected chi connectivity index (χ1v) is 8.58. The number of halogens is 1. The molecule has 1 aromatic carbocycles. The number of nitrogen functional groups attached to an aromatic ring is 1. The van der Waals surface area contributed by atoms with Crippen molar-refractivity contribution >= 4 is 21.4 Å². The summed E-state index contributed by atoms with van der Waals surface area (Å²) in [6, 6.07) is 4.03. The maximum atomic E-state index is 14.2. The monoisotopic (exact) mass is 327 g/mol. The smallest absolute Gasteiger partial charge is 0.168 e. The lowest BCUT2D eigenvalue weighted by atomic mass is 9.91. The van der Waals surface area contributed by atoms with Crippen molar-refractivity contribution in [2.45, 2.75) is 23.6 Å². The van der Waals surface area contributed by atoms with Gasteiger partial charge < -0.3 is 15.8 Å². The van der Waals surface area contributed by atoms with Crippen LogP contribution in [0.2, 0.25) is 0 Å². The summed E-state index contributed by atoms with van der Waals surface area (Å²) in [5, 5.41) is 11.1. The van der Waals surface area contributed by atoms with E-state index in [1.807, 2.05) is 0 Å². The van der Waals surface area contributed by atoms with Crippen LogP contribution < -0.4 is 11.1 Å². The van der Waals surface area contributed by atoms with Crippen molar-refractivity contribution in [3.63, 3.8) is 0 Å². The normalized spacial score (nSPS) is 33.8. The molecule has 2 heterocycles. The summed E-state index contributed by atoms with van der Waals surface area (Å²) in [5.41, 5.74) is 4.95. The zero-order valence-corrected chi connectivity index (χ0v) is 13.0. The van der Waals surface area contributed by atoms with E-state index >= 15 is 0 Å². The highest BCUT2D eigenvalue weighted by Crippen LogP contribution is 2.39. The standard InChI is InChI=1S/C14H18FN3O3S/c1-13(10-6-9(16)2-3-11(10)15)8-22(19,20)14(12(17)18-13)4-5-21-7-14/h2-3,6H,4-5,7-8,16H2,1H3,(H2,17,18)/t13-,14-/m0/s1. The third-order valence-corrected chi connectivity index (χ3v) is 7.18. The summed E-state index contributed by atoms with van der Waals surface area (Å²) >= 11 is 0. The number of rotatable bonds is 1. The molecule has 0 unspecified atom stereocenters. The topological polar surface area (TPSA) is 105 Å². The van der Waals surface area contributed by atoms with Crippen molar-refractivity contribution in [3.8, 4) is 0 Å². The highest BCUT2D eigenvalue weighted by molar-refractivity contribution is 7.93. The second-order valence-electron chi connectivity index (χ2n) is 6.13. The van der Waals surface area contributed by atoms with Gasteiger partial charge in [0.1, 0.15) is 11.7 Å². The first kappa shape index (κ1) is 15.2. The molecular formula is C14H18FN3O3S. The third-order valence-electron chi connectivity index (χ3n) is 4.50. The Morgan fingerprint density at radius 3 is 2.77 bits per heavy atom. The van der Waals surface area contributed by atoms with Crippen LogP contribution in [0.25, 0.3) is 0 Å². The molecule has 2 aliphatic heterocycles. The molecule has 0 aliphatic carbocycles. The molecule has 0 radical (unpaired) electrons. The minimum atomic E-state index is -3.68. The Labute approximate surface area is 128 Å². The van der Waals surface area contributed by atoms with E-state index in [9.17, 15) is 12.8 Å². The lowest BCUT2D eigenvalue weighted by Crippen LogP contribution is -2.66. The van der Waals surface area contributed by atoms with E-state index in [-0.39, 0.29) is 30.2 Å². The Kier molecular flexibility index (Phi) is 3.23. The zero-order chi connectivity index (χ0) is 16.2. The molecule has 1 spiro atoms. The van der Waals surface area contributed by atoms with Crippen LogP contribution in [0.15, 0.2) is 18.2 Å². The van der Waals surface area contributed by atoms with Crippen LogP contribution in [0.1, 0.15) is 18.9 Å². The molecule has 4 N–H and O–H groups in total. The highest BCUT2D eigenvalue weighted by Gasteiger charge is 2.58. The number of sulfone groups is 1. The molecule has 120 valence electrons.